The number of hydrogen-bond donors (Lipinski definition) is 1. The number of methoxy groups -OCH3 is 2. The number of nitrogens with one attached hydrogen (secondary N) is 1. The third-order valence-electron chi connectivity index (χ3n) is 7.93. The fourth-order valence-electron chi connectivity index (χ4n) is 5.73. The van der Waals surface area contributed by atoms with Crippen LogP contribution in [0.3, 0.4) is 0 Å². The van der Waals surface area contributed by atoms with E-state index in [9.17, 15) is 9.59 Å². The van der Waals surface area contributed by atoms with Gasteiger partial charge in [-0.15, -0.1) is 0 Å². The van der Waals surface area contributed by atoms with Gasteiger partial charge in [0.15, 0.2) is 0 Å². The number of carbonyl (C=O) groups excluding carboxylic acids is 2. The van der Waals surface area contributed by atoms with Crippen LogP contribution in [-0.4, -0.2) is 52.1 Å². The molecule has 1 N–H and O–H groups in total. The zero-order valence-electron chi connectivity index (χ0n) is 21.4. The van der Waals surface area contributed by atoms with E-state index >= 15 is 0 Å². The SMILES string of the molecule is COc1ccc(OC)c2c1cc1n2C[C@](C)(C(=O)N[C@@H]2CCCC[C@H]2C)N(Cc2cccnc2)C1=O. The van der Waals surface area contributed by atoms with Crippen molar-refractivity contribution in [1.29, 1.82) is 0 Å². The number of amides is 2. The highest BCUT2D eigenvalue weighted by atomic mass is 16.5. The minimum absolute atomic E-state index is 0.107. The fourth-order valence-corrected chi connectivity index (χ4v) is 5.73. The molecule has 2 amide bonds. The first-order valence-corrected chi connectivity index (χ1v) is 12.6. The summed E-state index contributed by atoms with van der Waals surface area (Å²) in [5, 5.41) is 4.10. The molecule has 1 saturated carbocycles. The van der Waals surface area contributed by atoms with Crippen LogP contribution in [0.1, 0.15) is 55.6 Å². The largest absolute Gasteiger partial charge is 0.496 e. The summed E-state index contributed by atoms with van der Waals surface area (Å²) in [6.45, 7) is 4.65. The Morgan fingerprint density at radius 1 is 1.17 bits per heavy atom. The molecular weight excluding hydrogens is 456 g/mol. The maximum absolute atomic E-state index is 14.1. The number of benzene rings is 1. The number of fused-ring (bicyclic) bond motifs is 3. The predicted molar refractivity (Wildman–Crippen MR) is 137 cm³/mol. The number of aromatic nitrogens is 2. The lowest BCUT2D eigenvalue weighted by atomic mass is 9.85. The Kier molecular flexibility index (Phi) is 6.36. The average Bonchev–Trinajstić information content (AvgIpc) is 3.27. The second-order valence-corrected chi connectivity index (χ2v) is 10.2. The lowest BCUT2D eigenvalue weighted by Gasteiger charge is -2.45. The zero-order chi connectivity index (χ0) is 25.4. The van der Waals surface area contributed by atoms with Crippen LogP contribution in [0, 0.1) is 5.92 Å². The van der Waals surface area contributed by atoms with Gasteiger partial charge in [-0.2, -0.15) is 0 Å². The van der Waals surface area contributed by atoms with Crippen LogP contribution in [0.5, 0.6) is 11.5 Å². The molecule has 0 unspecified atom stereocenters. The van der Waals surface area contributed by atoms with E-state index in [-0.39, 0.29) is 24.4 Å². The van der Waals surface area contributed by atoms with Crippen LogP contribution in [0.25, 0.3) is 10.9 Å². The summed E-state index contributed by atoms with van der Waals surface area (Å²) < 4.78 is 13.2. The second kappa shape index (κ2) is 9.48. The lowest BCUT2D eigenvalue weighted by molar-refractivity contribution is -0.134. The summed E-state index contributed by atoms with van der Waals surface area (Å²) in [6, 6.07) is 9.39. The van der Waals surface area contributed by atoms with Gasteiger partial charge >= 0.3 is 0 Å². The Bertz CT molecular complexity index is 1290. The lowest BCUT2D eigenvalue weighted by Crippen LogP contribution is -2.65. The summed E-state index contributed by atoms with van der Waals surface area (Å²) in [4.78, 5) is 34.0. The van der Waals surface area contributed by atoms with Crippen molar-refractivity contribution in [1.82, 2.24) is 19.8 Å². The normalized spacial score (nSPS) is 23.9. The van der Waals surface area contributed by atoms with Crippen molar-refractivity contribution >= 4 is 22.7 Å². The third-order valence-corrected chi connectivity index (χ3v) is 7.93. The summed E-state index contributed by atoms with van der Waals surface area (Å²) in [5.74, 6) is 1.35. The van der Waals surface area contributed by atoms with Gasteiger partial charge in [0.2, 0.25) is 5.91 Å². The highest BCUT2D eigenvalue weighted by Gasteiger charge is 2.49. The van der Waals surface area contributed by atoms with Crippen molar-refractivity contribution in [3.63, 3.8) is 0 Å². The number of carbonyl (C=O) groups is 2. The molecule has 0 saturated heterocycles. The van der Waals surface area contributed by atoms with Crippen molar-refractivity contribution in [2.24, 2.45) is 5.92 Å². The third kappa shape index (κ3) is 3.98. The Morgan fingerprint density at radius 2 is 1.92 bits per heavy atom. The molecule has 8 nitrogen and oxygen atoms in total. The van der Waals surface area contributed by atoms with Crippen LogP contribution >= 0.6 is 0 Å². The van der Waals surface area contributed by atoms with Crippen LogP contribution < -0.4 is 14.8 Å². The number of rotatable bonds is 6. The summed E-state index contributed by atoms with van der Waals surface area (Å²) >= 11 is 0. The van der Waals surface area contributed by atoms with Crippen LogP contribution in [-0.2, 0) is 17.9 Å². The van der Waals surface area contributed by atoms with Gasteiger partial charge in [-0.1, -0.05) is 25.8 Å². The van der Waals surface area contributed by atoms with Crippen LogP contribution in [0.15, 0.2) is 42.7 Å². The summed E-state index contributed by atoms with van der Waals surface area (Å²) in [6.07, 6.45) is 7.80. The van der Waals surface area contributed by atoms with Crippen molar-refractivity contribution < 1.29 is 19.1 Å². The van der Waals surface area contributed by atoms with Gasteiger partial charge in [0.05, 0.1) is 26.3 Å². The number of ether oxygens (including phenoxy) is 2. The quantitative estimate of drug-likeness (QED) is 0.561. The molecule has 1 fully saturated rings. The predicted octanol–water partition coefficient (Wildman–Crippen LogP) is 4.16. The molecule has 2 aromatic heterocycles. The Labute approximate surface area is 211 Å². The van der Waals surface area contributed by atoms with E-state index in [0.717, 1.165) is 35.7 Å². The van der Waals surface area contributed by atoms with Crippen molar-refractivity contribution in [2.45, 2.75) is 64.2 Å². The van der Waals surface area contributed by atoms with Crippen LogP contribution in [0.2, 0.25) is 0 Å². The molecule has 2 aliphatic rings. The van der Waals surface area contributed by atoms with E-state index < -0.39 is 5.54 Å². The molecule has 1 aromatic carbocycles. The first-order chi connectivity index (χ1) is 17.4. The van der Waals surface area contributed by atoms with E-state index in [4.69, 9.17) is 9.47 Å². The van der Waals surface area contributed by atoms with Gasteiger partial charge in [-0.05, 0) is 55.5 Å². The average molecular weight is 491 g/mol. The first-order valence-electron chi connectivity index (χ1n) is 12.6. The smallest absolute Gasteiger partial charge is 0.271 e. The zero-order valence-corrected chi connectivity index (χ0v) is 21.4. The first kappa shape index (κ1) is 24.2. The number of nitrogens with zero attached hydrogens (tertiary/aromatic N) is 3. The van der Waals surface area contributed by atoms with Gasteiger partial charge in [-0.25, -0.2) is 0 Å². The molecule has 0 bridgehead atoms. The number of pyridine rings is 1. The maximum Gasteiger partial charge on any atom is 0.271 e. The van der Waals surface area contributed by atoms with Crippen molar-refractivity contribution in [3.8, 4) is 11.5 Å². The number of hydrogen-bond acceptors (Lipinski definition) is 5. The van der Waals surface area contributed by atoms with E-state index in [2.05, 4.69) is 17.2 Å². The van der Waals surface area contributed by atoms with Gasteiger partial charge in [0, 0.05) is 30.4 Å². The fraction of sp³-hybridized carbons (Fsp3) is 0.464. The van der Waals surface area contributed by atoms with Gasteiger partial charge < -0.3 is 24.3 Å². The molecule has 190 valence electrons. The Hall–Kier alpha value is -3.55. The minimum Gasteiger partial charge on any atom is -0.496 e. The molecule has 0 spiro atoms. The highest BCUT2D eigenvalue weighted by molar-refractivity contribution is 6.05. The Morgan fingerprint density at radius 3 is 2.61 bits per heavy atom. The van der Waals surface area contributed by atoms with E-state index in [1.807, 2.05) is 41.8 Å². The monoisotopic (exact) mass is 490 g/mol. The molecule has 3 atom stereocenters. The molecule has 3 heterocycles. The topological polar surface area (TPSA) is 85.7 Å². The maximum atomic E-state index is 14.1. The summed E-state index contributed by atoms with van der Waals surface area (Å²) in [5.41, 5.74) is 1.02. The van der Waals surface area contributed by atoms with E-state index in [0.29, 0.717) is 29.7 Å². The molecule has 1 aliphatic carbocycles. The van der Waals surface area contributed by atoms with Crippen molar-refractivity contribution in [2.75, 3.05) is 14.2 Å². The van der Waals surface area contributed by atoms with Crippen LogP contribution in [0.4, 0.5) is 0 Å². The molecule has 3 aromatic rings. The van der Waals surface area contributed by atoms with Gasteiger partial charge in [-0.3, -0.25) is 14.6 Å². The molecular formula is C28H34N4O4. The standard InChI is InChI=1S/C28H34N4O4/c1-18-8-5-6-10-21(18)30-27(34)28(2)17-31-22(26(33)32(28)16-19-9-7-13-29-15-19)14-20-23(35-3)11-12-24(36-4)25(20)31/h7,9,11-15,18,21H,5-6,8,10,16-17H2,1-4H3,(H,30,34)/t18-,21-,28-/m1/s1. The Balaban J connectivity index is 1.62. The van der Waals surface area contributed by atoms with Gasteiger partial charge in [0.1, 0.15) is 22.7 Å². The van der Waals surface area contributed by atoms with Gasteiger partial charge in [0.25, 0.3) is 5.91 Å². The second-order valence-electron chi connectivity index (χ2n) is 10.2. The molecule has 0 radical (unpaired) electrons. The molecule has 1 aliphatic heterocycles. The molecule has 8 heteroatoms. The molecule has 5 rings (SSSR count). The van der Waals surface area contributed by atoms with E-state index in [1.54, 1.807) is 31.5 Å². The molecule has 36 heavy (non-hydrogen) atoms. The highest BCUT2D eigenvalue weighted by Crippen LogP contribution is 2.40. The summed E-state index contributed by atoms with van der Waals surface area (Å²) in [7, 11) is 3.22. The minimum atomic E-state index is -1.11. The van der Waals surface area contributed by atoms with E-state index in [1.165, 1.54) is 6.42 Å². The van der Waals surface area contributed by atoms with Crippen molar-refractivity contribution in [3.05, 3.63) is 54.0 Å².